The van der Waals surface area contributed by atoms with Gasteiger partial charge in [0.25, 0.3) is 0 Å². The van der Waals surface area contributed by atoms with Crippen LogP contribution in [0.3, 0.4) is 0 Å². The van der Waals surface area contributed by atoms with Crippen molar-refractivity contribution in [2.75, 3.05) is 7.11 Å². The lowest BCUT2D eigenvalue weighted by molar-refractivity contribution is -0.0513. The molecule has 3 nitrogen and oxygen atoms in total. The first-order valence-corrected chi connectivity index (χ1v) is 3.90. The highest BCUT2D eigenvalue weighted by molar-refractivity contribution is 5.46. The summed E-state index contributed by atoms with van der Waals surface area (Å²) >= 11 is 0. The van der Waals surface area contributed by atoms with E-state index in [2.05, 4.69) is 4.74 Å². The number of rotatable bonds is 4. The molecule has 1 aromatic rings. The fraction of sp³-hybridized carbons (Fsp3) is 0.333. The highest BCUT2D eigenvalue weighted by Gasteiger charge is 2.12. The van der Waals surface area contributed by atoms with Gasteiger partial charge in [0.15, 0.2) is 11.5 Å². The maximum absolute atomic E-state index is 11.9. The molecule has 1 aromatic carbocycles. The SMILES string of the molecule is COc1c(CO)cccc1OC(F)F. The second kappa shape index (κ2) is 4.76. The van der Waals surface area contributed by atoms with Gasteiger partial charge in [-0.15, -0.1) is 0 Å². The molecule has 0 atom stereocenters. The summed E-state index contributed by atoms with van der Waals surface area (Å²) in [6, 6.07) is 4.42. The first-order valence-electron chi connectivity index (χ1n) is 3.90. The molecule has 0 radical (unpaired) electrons. The van der Waals surface area contributed by atoms with Crippen LogP contribution in [0.4, 0.5) is 8.78 Å². The average molecular weight is 204 g/mol. The van der Waals surface area contributed by atoms with Crippen LogP contribution in [0.25, 0.3) is 0 Å². The van der Waals surface area contributed by atoms with Gasteiger partial charge < -0.3 is 14.6 Å². The summed E-state index contributed by atoms with van der Waals surface area (Å²) in [7, 11) is 1.33. The number of methoxy groups -OCH3 is 1. The zero-order valence-electron chi connectivity index (χ0n) is 7.54. The van der Waals surface area contributed by atoms with Crippen molar-refractivity contribution in [2.45, 2.75) is 13.2 Å². The van der Waals surface area contributed by atoms with Crippen molar-refractivity contribution in [3.05, 3.63) is 23.8 Å². The minimum atomic E-state index is -2.90. The van der Waals surface area contributed by atoms with E-state index < -0.39 is 6.61 Å². The monoisotopic (exact) mass is 204 g/mol. The fourth-order valence-electron chi connectivity index (χ4n) is 1.11. The summed E-state index contributed by atoms with van der Waals surface area (Å²) in [5.41, 5.74) is 0.408. The van der Waals surface area contributed by atoms with Crippen LogP contribution >= 0.6 is 0 Å². The van der Waals surface area contributed by atoms with Gasteiger partial charge in [-0.3, -0.25) is 0 Å². The quantitative estimate of drug-likeness (QED) is 0.812. The van der Waals surface area contributed by atoms with E-state index in [0.717, 1.165) is 0 Å². The van der Waals surface area contributed by atoms with Crippen LogP contribution in [-0.2, 0) is 6.61 Å². The molecule has 0 heterocycles. The first-order chi connectivity index (χ1) is 6.69. The van der Waals surface area contributed by atoms with Gasteiger partial charge in [-0.2, -0.15) is 8.78 Å². The van der Waals surface area contributed by atoms with E-state index in [1.165, 1.54) is 19.2 Å². The molecule has 0 aliphatic heterocycles. The molecule has 1 N–H and O–H groups in total. The van der Waals surface area contributed by atoms with Gasteiger partial charge in [0, 0.05) is 5.56 Å². The minimum absolute atomic E-state index is 0.0750. The molecule has 0 aliphatic carbocycles. The number of alkyl halides is 2. The van der Waals surface area contributed by atoms with Gasteiger partial charge in [0.2, 0.25) is 0 Å². The molecule has 0 bridgehead atoms. The van der Waals surface area contributed by atoms with Gasteiger partial charge in [-0.1, -0.05) is 12.1 Å². The molecule has 5 heteroatoms. The summed E-state index contributed by atoms with van der Waals surface area (Å²) in [6.07, 6.45) is 0. The lowest BCUT2D eigenvalue weighted by Gasteiger charge is -2.12. The summed E-state index contributed by atoms with van der Waals surface area (Å²) in [5, 5.41) is 8.89. The zero-order valence-corrected chi connectivity index (χ0v) is 7.54. The molecule has 0 amide bonds. The highest BCUT2D eigenvalue weighted by Crippen LogP contribution is 2.31. The molecule has 1 rings (SSSR count). The maximum atomic E-state index is 11.9. The van der Waals surface area contributed by atoms with E-state index in [1.807, 2.05) is 0 Å². The van der Waals surface area contributed by atoms with Crippen molar-refractivity contribution in [2.24, 2.45) is 0 Å². The van der Waals surface area contributed by atoms with Gasteiger partial charge in [-0.05, 0) is 6.07 Å². The number of ether oxygens (including phenoxy) is 2. The molecule has 0 aromatic heterocycles. The van der Waals surface area contributed by atoms with Crippen LogP contribution in [0.5, 0.6) is 11.5 Å². The topological polar surface area (TPSA) is 38.7 Å². The van der Waals surface area contributed by atoms with Crippen LogP contribution in [-0.4, -0.2) is 18.8 Å². The van der Waals surface area contributed by atoms with E-state index in [4.69, 9.17) is 9.84 Å². The van der Waals surface area contributed by atoms with Gasteiger partial charge in [-0.25, -0.2) is 0 Å². The number of hydrogen-bond donors (Lipinski definition) is 1. The van der Waals surface area contributed by atoms with Crippen LogP contribution in [0.15, 0.2) is 18.2 Å². The van der Waals surface area contributed by atoms with Crippen LogP contribution in [0.2, 0.25) is 0 Å². The molecule has 0 unspecified atom stereocenters. The van der Waals surface area contributed by atoms with Crippen LogP contribution in [0.1, 0.15) is 5.56 Å². The average Bonchev–Trinajstić information content (AvgIpc) is 2.16. The Morgan fingerprint density at radius 1 is 1.43 bits per heavy atom. The minimum Gasteiger partial charge on any atom is -0.492 e. The molecule has 0 saturated carbocycles. The molecule has 78 valence electrons. The zero-order chi connectivity index (χ0) is 10.6. The Labute approximate surface area is 79.9 Å². The maximum Gasteiger partial charge on any atom is 0.387 e. The Kier molecular flexibility index (Phi) is 3.64. The summed E-state index contributed by atoms with van der Waals surface area (Å²) in [6.45, 7) is -3.19. The molecule has 0 aliphatic rings. The van der Waals surface area contributed by atoms with Crippen molar-refractivity contribution >= 4 is 0 Å². The van der Waals surface area contributed by atoms with Crippen LogP contribution < -0.4 is 9.47 Å². The van der Waals surface area contributed by atoms with Gasteiger partial charge >= 0.3 is 6.61 Å². The van der Waals surface area contributed by atoms with Crippen molar-refractivity contribution in [1.82, 2.24) is 0 Å². The molecule has 0 fully saturated rings. The van der Waals surface area contributed by atoms with Gasteiger partial charge in [0.05, 0.1) is 13.7 Å². The molecular formula is C9H10F2O3. The standard InChI is InChI=1S/C9H10F2O3/c1-13-8-6(5-12)3-2-4-7(8)14-9(10)11/h2-4,9,12H,5H2,1H3. The second-order valence-electron chi connectivity index (χ2n) is 2.49. The van der Waals surface area contributed by atoms with Crippen LogP contribution in [0, 0.1) is 0 Å². The predicted octanol–water partition coefficient (Wildman–Crippen LogP) is 1.79. The first kappa shape index (κ1) is 10.7. The Morgan fingerprint density at radius 2 is 2.14 bits per heavy atom. The number of para-hydroxylation sites is 1. The molecule has 0 saturated heterocycles. The summed E-state index contributed by atoms with van der Waals surface area (Å²) in [5.74, 6) is 0.0596. The Balaban J connectivity index is 3.02. The predicted molar refractivity (Wildman–Crippen MR) is 45.5 cm³/mol. The number of benzene rings is 1. The third-order valence-corrected chi connectivity index (χ3v) is 1.65. The molecular weight excluding hydrogens is 194 g/mol. The van der Waals surface area contributed by atoms with E-state index in [1.54, 1.807) is 6.07 Å². The highest BCUT2D eigenvalue weighted by atomic mass is 19.3. The smallest absolute Gasteiger partial charge is 0.387 e. The Hall–Kier alpha value is -1.36. The lowest BCUT2D eigenvalue weighted by Crippen LogP contribution is -2.04. The second-order valence-corrected chi connectivity index (χ2v) is 2.49. The summed E-state index contributed by atoms with van der Waals surface area (Å²) in [4.78, 5) is 0. The van der Waals surface area contributed by atoms with E-state index in [0.29, 0.717) is 5.56 Å². The van der Waals surface area contributed by atoms with E-state index in [9.17, 15) is 8.78 Å². The van der Waals surface area contributed by atoms with E-state index >= 15 is 0 Å². The van der Waals surface area contributed by atoms with Crippen molar-refractivity contribution in [3.8, 4) is 11.5 Å². The molecule has 0 spiro atoms. The van der Waals surface area contributed by atoms with Crippen molar-refractivity contribution in [3.63, 3.8) is 0 Å². The largest absolute Gasteiger partial charge is 0.492 e. The normalized spacial score (nSPS) is 10.4. The lowest BCUT2D eigenvalue weighted by atomic mass is 10.2. The Morgan fingerprint density at radius 3 is 2.64 bits per heavy atom. The number of aliphatic hydroxyl groups is 1. The van der Waals surface area contributed by atoms with Crippen molar-refractivity contribution in [1.29, 1.82) is 0 Å². The summed E-state index contributed by atoms with van der Waals surface area (Å²) < 4.78 is 32.9. The van der Waals surface area contributed by atoms with E-state index in [-0.39, 0.29) is 18.1 Å². The Bertz CT molecular complexity index is 302. The number of hydrogen-bond acceptors (Lipinski definition) is 3. The number of halogens is 2. The molecule has 14 heavy (non-hydrogen) atoms. The third-order valence-electron chi connectivity index (χ3n) is 1.65. The number of aliphatic hydroxyl groups excluding tert-OH is 1. The van der Waals surface area contributed by atoms with Crippen molar-refractivity contribution < 1.29 is 23.4 Å². The van der Waals surface area contributed by atoms with Gasteiger partial charge in [0.1, 0.15) is 0 Å². The fourth-order valence-corrected chi connectivity index (χ4v) is 1.11. The third kappa shape index (κ3) is 2.32.